The predicted molar refractivity (Wildman–Crippen MR) is 84.2 cm³/mol. The molecule has 0 bridgehead atoms. The van der Waals surface area contributed by atoms with Crippen molar-refractivity contribution in [2.45, 2.75) is 13.0 Å². The quantitative estimate of drug-likeness (QED) is 0.770. The Hall–Kier alpha value is -2.46. The molecule has 21 heavy (non-hydrogen) atoms. The van der Waals surface area contributed by atoms with E-state index >= 15 is 0 Å². The van der Waals surface area contributed by atoms with Gasteiger partial charge in [0.1, 0.15) is 5.82 Å². The molecule has 1 unspecified atom stereocenters. The third-order valence-electron chi connectivity index (χ3n) is 3.39. The van der Waals surface area contributed by atoms with Gasteiger partial charge in [0.2, 0.25) is 0 Å². The third-order valence-corrected chi connectivity index (χ3v) is 3.39. The third kappa shape index (κ3) is 3.17. The van der Waals surface area contributed by atoms with Crippen LogP contribution in [0.25, 0.3) is 10.8 Å². The van der Waals surface area contributed by atoms with Gasteiger partial charge in [0, 0.05) is 12.7 Å². The molecule has 2 N–H and O–H groups in total. The van der Waals surface area contributed by atoms with Gasteiger partial charge in [0.25, 0.3) is 0 Å². The molecule has 3 rings (SSSR count). The molecule has 4 heteroatoms. The fourth-order valence-electron chi connectivity index (χ4n) is 2.28. The summed E-state index contributed by atoms with van der Waals surface area (Å²) in [5.74, 6) is 0.676. The topological polar surface area (TPSA) is 58.0 Å². The van der Waals surface area contributed by atoms with Crippen molar-refractivity contribution in [2.75, 3.05) is 11.9 Å². The van der Waals surface area contributed by atoms with Crippen molar-refractivity contribution >= 4 is 16.6 Å². The summed E-state index contributed by atoms with van der Waals surface area (Å²) in [5, 5.41) is 15.7. The minimum Gasteiger partial charge on any atom is -0.387 e. The van der Waals surface area contributed by atoms with Crippen molar-refractivity contribution in [3.05, 3.63) is 66.1 Å². The highest BCUT2D eigenvalue weighted by atomic mass is 16.3. The van der Waals surface area contributed by atoms with Gasteiger partial charge in [0.05, 0.1) is 18.0 Å². The van der Waals surface area contributed by atoms with E-state index in [9.17, 15) is 5.11 Å². The Balaban J connectivity index is 1.73. The van der Waals surface area contributed by atoms with Gasteiger partial charge >= 0.3 is 0 Å². The van der Waals surface area contributed by atoms with E-state index in [0.29, 0.717) is 12.4 Å². The molecule has 0 saturated heterocycles. The summed E-state index contributed by atoms with van der Waals surface area (Å²) in [6.45, 7) is 2.29. The second-order valence-electron chi connectivity index (χ2n) is 5.05. The normalized spacial score (nSPS) is 12.3. The highest BCUT2D eigenvalue weighted by molar-refractivity contribution is 5.83. The zero-order valence-electron chi connectivity index (χ0n) is 11.8. The number of aryl methyl sites for hydroxylation is 1. The second-order valence-corrected chi connectivity index (χ2v) is 5.05. The Labute approximate surface area is 123 Å². The van der Waals surface area contributed by atoms with Crippen molar-refractivity contribution in [2.24, 2.45) is 0 Å². The number of benzene rings is 2. The number of fused-ring (bicyclic) bond motifs is 1. The Morgan fingerprint density at radius 3 is 2.71 bits per heavy atom. The maximum atomic E-state index is 10.3. The number of hydrogen-bond donors (Lipinski definition) is 2. The minimum atomic E-state index is -0.586. The van der Waals surface area contributed by atoms with E-state index in [1.807, 2.05) is 43.3 Å². The lowest BCUT2D eigenvalue weighted by Gasteiger charge is -2.13. The lowest BCUT2D eigenvalue weighted by atomic mass is 10.0. The fraction of sp³-hybridized carbons (Fsp3) is 0.176. The van der Waals surface area contributed by atoms with Gasteiger partial charge < -0.3 is 10.4 Å². The molecule has 1 atom stereocenters. The Kier molecular flexibility index (Phi) is 3.79. The summed E-state index contributed by atoms with van der Waals surface area (Å²) in [6, 6.07) is 14.1. The largest absolute Gasteiger partial charge is 0.387 e. The van der Waals surface area contributed by atoms with Crippen molar-refractivity contribution in [1.29, 1.82) is 0 Å². The lowest BCUT2D eigenvalue weighted by Crippen LogP contribution is -2.13. The lowest BCUT2D eigenvalue weighted by molar-refractivity contribution is 0.191. The second kappa shape index (κ2) is 5.89. The van der Waals surface area contributed by atoms with Gasteiger partial charge in [-0.15, -0.1) is 0 Å². The molecule has 0 saturated carbocycles. The van der Waals surface area contributed by atoms with Gasteiger partial charge in [-0.2, -0.15) is 0 Å². The summed E-state index contributed by atoms with van der Waals surface area (Å²) >= 11 is 0. The van der Waals surface area contributed by atoms with Crippen LogP contribution in [0.5, 0.6) is 0 Å². The van der Waals surface area contributed by atoms with Crippen molar-refractivity contribution in [1.82, 2.24) is 9.97 Å². The highest BCUT2D eigenvalue weighted by Gasteiger charge is 2.08. The maximum Gasteiger partial charge on any atom is 0.144 e. The summed E-state index contributed by atoms with van der Waals surface area (Å²) < 4.78 is 0. The average molecular weight is 279 g/mol. The van der Waals surface area contributed by atoms with E-state index < -0.39 is 6.10 Å². The first-order valence-electron chi connectivity index (χ1n) is 6.92. The van der Waals surface area contributed by atoms with E-state index in [4.69, 9.17) is 0 Å². The summed E-state index contributed by atoms with van der Waals surface area (Å²) in [7, 11) is 0. The summed E-state index contributed by atoms with van der Waals surface area (Å²) in [4.78, 5) is 8.37. The van der Waals surface area contributed by atoms with Gasteiger partial charge in [-0.25, -0.2) is 4.98 Å². The number of aliphatic hydroxyl groups is 1. The first-order valence-corrected chi connectivity index (χ1v) is 6.92. The molecule has 0 amide bonds. The van der Waals surface area contributed by atoms with E-state index in [1.165, 1.54) is 5.39 Å². The number of rotatable bonds is 4. The summed E-state index contributed by atoms with van der Waals surface area (Å²) in [5.41, 5.74) is 1.74. The zero-order valence-corrected chi connectivity index (χ0v) is 11.8. The van der Waals surface area contributed by atoms with Crippen LogP contribution in [-0.4, -0.2) is 21.6 Å². The molecular formula is C17H17N3O. The molecule has 0 fully saturated rings. The molecule has 0 aliphatic heterocycles. The van der Waals surface area contributed by atoms with Gasteiger partial charge in [-0.05, 0) is 29.3 Å². The standard InChI is InChI=1S/C17H17N3O/c1-12-9-18-11-17(20-12)19-10-16(21)15-7-6-13-4-2-3-5-14(13)8-15/h2-9,11,16,21H,10H2,1H3,(H,19,20). The van der Waals surface area contributed by atoms with E-state index in [0.717, 1.165) is 16.6 Å². The Morgan fingerprint density at radius 1 is 1.10 bits per heavy atom. The van der Waals surface area contributed by atoms with Gasteiger partial charge in [-0.3, -0.25) is 4.98 Å². The summed E-state index contributed by atoms with van der Waals surface area (Å²) in [6.07, 6.45) is 2.77. The number of nitrogens with one attached hydrogen (secondary N) is 1. The molecule has 3 aromatic rings. The van der Waals surface area contributed by atoms with Crippen LogP contribution in [-0.2, 0) is 0 Å². The number of hydrogen-bond acceptors (Lipinski definition) is 4. The van der Waals surface area contributed by atoms with Crippen molar-refractivity contribution in [3.63, 3.8) is 0 Å². The molecule has 0 spiro atoms. The molecular weight excluding hydrogens is 262 g/mol. The van der Waals surface area contributed by atoms with Gasteiger partial charge in [0.15, 0.2) is 0 Å². The van der Waals surface area contributed by atoms with Crippen LogP contribution < -0.4 is 5.32 Å². The molecule has 1 heterocycles. The Bertz CT molecular complexity index is 758. The molecule has 0 aliphatic carbocycles. The van der Waals surface area contributed by atoms with E-state index in [-0.39, 0.29) is 0 Å². The average Bonchev–Trinajstić information content (AvgIpc) is 2.52. The van der Waals surface area contributed by atoms with Gasteiger partial charge in [-0.1, -0.05) is 36.4 Å². The zero-order chi connectivity index (χ0) is 14.7. The van der Waals surface area contributed by atoms with Crippen LogP contribution in [0.15, 0.2) is 54.9 Å². The van der Waals surface area contributed by atoms with Crippen LogP contribution in [0.4, 0.5) is 5.82 Å². The van der Waals surface area contributed by atoms with E-state index in [1.54, 1.807) is 12.4 Å². The first-order chi connectivity index (χ1) is 10.2. The van der Waals surface area contributed by atoms with Crippen molar-refractivity contribution in [3.8, 4) is 0 Å². The number of nitrogens with zero attached hydrogens (tertiary/aromatic N) is 2. The maximum absolute atomic E-state index is 10.3. The number of anilines is 1. The molecule has 0 radical (unpaired) electrons. The van der Waals surface area contributed by atoms with Crippen LogP contribution in [0.2, 0.25) is 0 Å². The molecule has 0 aliphatic rings. The SMILES string of the molecule is Cc1cncc(NCC(O)c2ccc3ccccc3c2)n1. The predicted octanol–water partition coefficient (Wildman–Crippen LogP) is 3.08. The number of aliphatic hydroxyl groups excluding tert-OH is 1. The molecule has 2 aromatic carbocycles. The van der Waals surface area contributed by atoms with Crippen molar-refractivity contribution < 1.29 is 5.11 Å². The van der Waals surface area contributed by atoms with Crippen LogP contribution in [0.3, 0.4) is 0 Å². The first kappa shape index (κ1) is 13.5. The number of aromatic nitrogens is 2. The molecule has 106 valence electrons. The van der Waals surface area contributed by atoms with E-state index in [2.05, 4.69) is 21.4 Å². The van der Waals surface area contributed by atoms with Crippen LogP contribution >= 0.6 is 0 Å². The van der Waals surface area contributed by atoms with Crippen LogP contribution in [0.1, 0.15) is 17.4 Å². The Morgan fingerprint density at radius 2 is 1.90 bits per heavy atom. The fourth-order valence-corrected chi connectivity index (χ4v) is 2.28. The molecule has 4 nitrogen and oxygen atoms in total. The smallest absolute Gasteiger partial charge is 0.144 e. The molecule has 1 aromatic heterocycles. The monoisotopic (exact) mass is 279 g/mol. The van der Waals surface area contributed by atoms with Crippen LogP contribution in [0, 0.1) is 6.92 Å². The minimum absolute atomic E-state index is 0.399. The highest BCUT2D eigenvalue weighted by Crippen LogP contribution is 2.20.